The number of benzene rings is 1. The van der Waals surface area contributed by atoms with Crippen LogP contribution in [0, 0.1) is 17.0 Å². The van der Waals surface area contributed by atoms with Crippen molar-refractivity contribution in [3.05, 3.63) is 84.6 Å². The van der Waals surface area contributed by atoms with Gasteiger partial charge in [0.05, 0.1) is 6.54 Å². The fourth-order valence-electron chi connectivity index (χ4n) is 5.75. The molecule has 3 aliphatic carbocycles. The zero-order valence-electron chi connectivity index (χ0n) is 18.2. The van der Waals surface area contributed by atoms with E-state index in [0.717, 1.165) is 35.0 Å². The van der Waals surface area contributed by atoms with Crippen molar-refractivity contribution in [2.75, 3.05) is 0 Å². The van der Waals surface area contributed by atoms with Crippen LogP contribution in [0.5, 0.6) is 0 Å². The summed E-state index contributed by atoms with van der Waals surface area (Å²) in [5, 5.41) is 19.3. The molecule has 1 atom stereocenters. The molecule has 8 nitrogen and oxygen atoms in total. The Morgan fingerprint density at radius 1 is 0.971 bits per heavy atom. The van der Waals surface area contributed by atoms with E-state index in [9.17, 15) is 13.9 Å². The minimum atomic E-state index is -3.75. The van der Waals surface area contributed by atoms with Crippen LogP contribution in [0.1, 0.15) is 30.4 Å². The molecule has 3 saturated carbocycles. The number of halogens is 4. The van der Waals surface area contributed by atoms with Gasteiger partial charge in [0, 0.05) is 23.2 Å². The molecule has 0 saturated heterocycles. The fourth-order valence-corrected chi connectivity index (χ4v) is 5.75. The summed E-state index contributed by atoms with van der Waals surface area (Å²) in [6.07, 6.45) is 7.11. The second kappa shape index (κ2) is 7.17. The van der Waals surface area contributed by atoms with Gasteiger partial charge in [-0.2, -0.15) is 10.2 Å². The molecule has 0 aliphatic heterocycles. The van der Waals surface area contributed by atoms with Gasteiger partial charge in [-0.05, 0) is 48.4 Å². The maximum atomic E-state index is 16.2. The van der Waals surface area contributed by atoms with Crippen LogP contribution in [0.4, 0.5) is 17.6 Å². The summed E-state index contributed by atoms with van der Waals surface area (Å²) in [5.74, 6) is -5.38. The number of nitrogens with zero attached hydrogens (tertiary/aromatic N) is 7. The van der Waals surface area contributed by atoms with Crippen molar-refractivity contribution in [2.45, 2.75) is 42.7 Å². The number of rotatable bonds is 7. The minimum Gasteiger partial charge on any atom is -0.377 e. The second-order valence-corrected chi connectivity index (χ2v) is 9.49. The van der Waals surface area contributed by atoms with Gasteiger partial charge in [-0.15, -0.1) is 0 Å². The molecule has 35 heavy (non-hydrogen) atoms. The van der Waals surface area contributed by atoms with Gasteiger partial charge in [-0.3, -0.25) is 0 Å². The summed E-state index contributed by atoms with van der Waals surface area (Å²) < 4.78 is 63.2. The topological polar surface area (TPSA) is 94.5 Å². The number of hydrogen-bond donors (Lipinski definition) is 1. The Labute approximate surface area is 196 Å². The summed E-state index contributed by atoms with van der Waals surface area (Å²) in [5.41, 5.74) is -4.88. The quantitative estimate of drug-likeness (QED) is 0.404. The Hall–Kier alpha value is -3.67. The van der Waals surface area contributed by atoms with Gasteiger partial charge in [-0.1, -0.05) is 6.07 Å². The smallest absolute Gasteiger partial charge is 0.287 e. The van der Waals surface area contributed by atoms with Crippen molar-refractivity contribution in [1.29, 1.82) is 0 Å². The van der Waals surface area contributed by atoms with E-state index in [2.05, 4.69) is 25.1 Å². The van der Waals surface area contributed by atoms with E-state index in [4.69, 9.17) is 0 Å². The Morgan fingerprint density at radius 2 is 1.71 bits per heavy atom. The lowest BCUT2D eigenvalue weighted by atomic mass is 9.30. The molecule has 7 rings (SSSR count). The van der Waals surface area contributed by atoms with Crippen LogP contribution in [0.3, 0.4) is 0 Å². The van der Waals surface area contributed by atoms with Gasteiger partial charge >= 0.3 is 0 Å². The SMILES string of the molecule is O[C@](Cn1cncn1)(c1ccc(F)cc1F)C(F)(F)C12CC(c3ccc(-n4cncn4)nc3)(C1)C2. The third-order valence-corrected chi connectivity index (χ3v) is 7.46. The number of aliphatic hydroxyl groups is 1. The van der Waals surface area contributed by atoms with E-state index in [1.54, 1.807) is 12.3 Å². The van der Waals surface area contributed by atoms with E-state index >= 15 is 8.78 Å². The average molecular weight is 485 g/mol. The Bertz CT molecular complexity index is 1360. The third-order valence-electron chi connectivity index (χ3n) is 7.46. The molecule has 0 unspecified atom stereocenters. The van der Waals surface area contributed by atoms with E-state index in [1.165, 1.54) is 17.3 Å². The molecule has 3 aliphatic rings. The van der Waals surface area contributed by atoms with Gasteiger partial charge in [-0.25, -0.2) is 41.9 Å². The molecule has 3 aromatic heterocycles. The zero-order valence-corrected chi connectivity index (χ0v) is 18.2. The maximum absolute atomic E-state index is 16.2. The highest BCUT2D eigenvalue weighted by Crippen LogP contribution is 2.80. The van der Waals surface area contributed by atoms with E-state index in [1.807, 2.05) is 6.07 Å². The standard InChI is InChI=1S/C23H19F4N7O/c24-16-2-3-17(18(25)5-16)22(35,10-33-13-28-11-31-33)23(26,27)21-7-20(8-21,9-21)15-1-4-19(30-6-15)34-14-29-12-32-34/h1-6,11-14,35H,7-10H2/t20?,21?,22-/m1/s1. The lowest BCUT2D eigenvalue weighted by molar-refractivity contribution is -0.347. The predicted molar refractivity (Wildman–Crippen MR) is 112 cm³/mol. The largest absolute Gasteiger partial charge is 0.377 e. The number of alkyl halides is 2. The average Bonchev–Trinajstić information content (AvgIpc) is 3.46. The monoisotopic (exact) mass is 485 g/mol. The van der Waals surface area contributed by atoms with Crippen molar-refractivity contribution >= 4 is 0 Å². The van der Waals surface area contributed by atoms with Crippen molar-refractivity contribution < 1.29 is 22.7 Å². The van der Waals surface area contributed by atoms with Gasteiger partial charge in [0.2, 0.25) is 0 Å². The van der Waals surface area contributed by atoms with Crippen LogP contribution in [0.25, 0.3) is 5.82 Å². The summed E-state index contributed by atoms with van der Waals surface area (Å²) in [4.78, 5) is 12.0. The molecule has 12 heteroatoms. The molecular formula is C23H19F4N7O. The second-order valence-electron chi connectivity index (χ2n) is 9.49. The molecule has 4 aromatic rings. The maximum Gasteiger partial charge on any atom is 0.287 e. The zero-order chi connectivity index (χ0) is 24.5. The number of aromatic nitrogens is 7. The molecule has 180 valence electrons. The predicted octanol–water partition coefficient (Wildman–Crippen LogP) is 3.18. The van der Waals surface area contributed by atoms with Crippen LogP contribution in [-0.2, 0) is 17.6 Å². The lowest BCUT2D eigenvalue weighted by Gasteiger charge is -2.74. The Morgan fingerprint density at radius 3 is 2.31 bits per heavy atom. The number of hydrogen-bond acceptors (Lipinski definition) is 6. The Kier molecular flexibility index (Phi) is 4.47. The first kappa shape index (κ1) is 21.8. The first-order chi connectivity index (χ1) is 16.7. The van der Waals surface area contributed by atoms with Gasteiger partial charge in [0.15, 0.2) is 11.4 Å². The van der Waals surface area contributed by atoms with E-state index < -0.39 is 46.1 Å². The van der Waals surface area contributed by atoms with Crippen molar-refractivity contribution in [1.82, 2.24) is 34.5 Å². The molecule has 0 spiro atoms. The first-order valence-corrected chi connectivity index (χ1v) is 10.9. The van der Waals surface area contributed by atoms with Crippen molar-refractivity contribution in [3.63, 3.8) is 0 Å². The summed E-state index contributed by atoms with van der Waals surface area (Å²) in [6.45, 7) is -0.745. The minimum absolute atomic E-state index is 0.0971. The van der Waals surface area contributed by atoms with Crippen molar-refractivity contribution in [3.8, 4) is 5.82 Å². The highest BCUT2D eigenvalue weighted by Gasteiger charge is 2.82. The lowest BCUT2D eigenvalue weighted by Crippen LogP contribution is -2.76. The molecule has 1 aromatic carbocycles. The molecule has 0 radical (unpaired) electrons. The van der Waals surface area contributed by atoms with E-state index in [-0.39, 0.29) is 19.3 Å². The summed E-state index contributed by atoms with van der Waals surface area (Å²) >= 11 is 0. The molecular weight excluding hydrogens is 466 g/mol. The molecule has 2 bridgehead atoms. The van der Waals surface area contributed by atoms with Crippen LogP contribution < -0.4 is 0 Å². The van der Waals surface area contributed by atoms with Crippen LogP contribution in [0.15, 0.2) is 61.8 Å². The molecule has 1 N–H and O–H groups in total. The third kappa shape index (κ3) is 2.98. The first-order valence-electron chi connectivity index (χ1n) is 10.9. The molecule has 3 heterocycles. The van der Waals surface area contributed by atoms with Crippen molar-refractivity contribution in [2.24, 2.45) is 5.41 Å². The molecule has 3 fully saturated rings. The molecule has 0 amide bonds. The fraction of sp³-hybridized carbons (Fsp3) is 0.348. The summed E-state index contributed by atoms with van der Waals surface area (Å²) in [7, 11) is 0. The highest BCUT2D eigenvalue weighted by molar-refractivity contribution is 5.43. The van der Waals surface area contributed by atoms with Gasteiger partial charge in [0.1, 0.15) is 36.9 Å². The highest BCUT2D eigenvalue weighted by atomic mass is 19.3. The van der Waals surface area contributed by atoms with Gasteiger partial charge < -0.3 is 5.11 Å². The Balaban J connectivity index is 1.31. The van der Waals surface area contributed by atoms with E-state index in [0.29, 0.717) is 11.9 Å². The summed E-state index contributed by atoms with van der Waals surface area (Å²) in [6, 6.07) is 5.77. The van der Waals surface area contributed by atoms with Crippen LogP contribution in [-0.4, -0.2) is 45.5 Å². The number of pyridine rings is 1. The van der Waals surface area contributed by atoms with Crippen LogP contribution in [0.2, 0.25) is 0 Å². The normalized spacial score (nSPS) is 24.9. The van der Waals surface area contributed by atoms with Crippen LogP contribution >= 0.6 is 0 Å². The van der Waals surface area contributed by atoms with Gasteiger partial charge in [0.25, 0.3) is 5.92 Å².